The number of ether oxygens (including phenoxy) is 1. The molecule has 6 heteroatoms. The fraction of sp³-hybridized carbons (Fsp3) is 0.231. The normalized spacial score (nSPS) is 13.9. The maximum absolute atomic E-state index is 13.8. The van der Waals surface area contributed by atoms with E-state index in [0.717, 1.165) is 16.7 Å². The zero-order valence-corrected chi connectivity index (χ0v) is 17.7. The summed E-state index contributed by atoms with van der Waals surface area (Å²) in [5, 5.41) is 12.7. The van der Waals surface area contributed by atoms with Crippen LogP contribution in [0.4, 0.5) is 4.39 Å². The smallest absolute Gasteiger partial charge is 0.330 e. The number of fused-ring (bicyclic) bond motifs is 1. The lowest BCUT2D eigenvalue weighted by Crippen LogP contribution is -2.55. The fourth-order valence-electron chi connectivity index (χ4n) is 4.07. The van der Waals surface area contributed by atoms with E-state index in [1.807, 2.05) is 31.2 Å². The van der Waals surface area contributed by atoms with Gasteiger partial charge in [-0.05, 0) is 47.4 Å². The summed E-state index contributed by atoms with van der Waals surface area (Å²) in [7, 11) is 0. The number of hydrogen-bond acceptors (Lipinski definition) is 3. The van der Waals surface area contributed by atoms with Crippen LogP contribution in [0.1, 0.15) is 32.6 Å². The molecule has 0 saturated carbocycles. The van der Waals surface area contributed by atoms with Crippen LogP contribution in [0.2, 0.25) is 0 Å². The lowest BCUT2D eigenvalue weighted by atomic mass is 9.95. The van der Waals surface area contributed by atoms with Gasteiger partial charge in [-0.25, -0.2) is 9.18 Å². The molecule has 0 aliphatic heterocycles. The van der Waals surface area contributed by atoms with Crippen LogP contribution in [0, 0.1) is 12.7 Å². The molecule has 0 heterocycles. The van der Waals surface area contributed by atoms with Gasteiger partial charge in [-0.1, -0.05) is 48.5 Å². The van der Waals surface area contributed by atoms with E-state index in [1.54, 1.807) is 36.4 Å². The minimum Gasteiger partial charge on any atom is -0.493 e. The first-order chi connectivity index (χ1) is 15.4. The maximum Gasteiger partial charge on any atom is 0.330 e. The number of amides is 1. The molecular weight excluding hydrogens is 409 g/mol. The van der Waals surface area contributed by atoms with Gasteiger partial charge in [0.15, 0.2) is 0 Å². The third-order valence-corrected chi connectivity index (χ3v) is 5.90. The van der Waals surface area contributed by atoms with Crippen molar-refractivity contribution < 1.29 is 23.8 Å². The third kappa shape index (κ3) is 4.35. The molecule has 0 atom stereocenters. The molecule has 1 amide bonds. The number of carboxylic acid groups (broad SMARTS) is 1. The van der Waals surface area contributed by atoms with E-state index in [-0.39, 0.29) is 25.3 Å². The Bertz CT molecular complexity index is 1150. The molecule has 3 aromatic rings. The lowest BCUT2D eigenvalue weighted by Gasteiger charge is -2.25. The first-order valence-electron chi connectivity index (χ1n) is 10.5. The number of carbonyl (C=O) groups excluding carboxylic acids is 1. The van der Waals surface area contributed by atoms with Crippen molar-refractivity contribution in [2.75, 3.05) is 6.61 Å². The van der Waals surface area contributed by atoms with Gasteiger partial charge in [-0.15, -0.1) is 0 Å². The molecule has 0 bridgehead atoms. The predicted molar refractivity (Wildman–Crippen MR) is 118 cm³/mol. The molecule has 32 heavy (non-hydrogen) atoms. The highest BCUT2D eigenvalue weighted by atomic mass is 19.1. The molecule has 0 radical (unpaired) electrons. The second-order valence-corrected chi connectivity index (χ2v) is 8.13. The lowest BCUT2D eigenvalue weighted by molar-refractivity contribution is -0.144. The Morgan fingerprint density at radius 3 is 2.34 bits per heavy atom. The van der Waals surface area contributed by atoms with Crippen LogP contribution < -0.4 is 10.1 Å². The Morgan fingerprint density at radius 1 is 1.03 bits per heavy atom. The Morgan fingerprint density at radius 2 is 1.69 bits per heavy atom. The number of nitrogens with one attached hydrogen (secondary N) is 1. The molecule has 1 aliphatic carbocycles. The van der Waals surface area contributed by atoms with Crippen molar-refractivity contribution in [2.45, 2.75) is 31.7 Å². The second kappa shape index (κ2) is 8.83. The number of carboxylic acids is 1. The highest BCUT2D eigenvalue weighted by Crippen LogP contribution is 2.31. The van der Waals surface area contributed by atoms with Crippen LogP contribution >= 0.6 is 0 Å². The summed E-state index contributed by atoms with van der Waals surface area (Å²) in [5.74, 6) is -1.31. The van der Waals surface area contributed by atoms with E-state index in [1.165, 1.54) is 6.07 Å². The van der Waals surface area contributed by atoms with Gasteiger partial charge in [0, 0.05) is 24.8 Å². The van der Waals surface area contributed by atoms with Gasteiger partial charge in [0.2, 0.25) is 0 Å². The molecular formula is C26H24FNO4. The zero-order chi connectivity index (χ0) is 22.7. The number of halogens is 1. The number of aliphatic carboxylic acids is 1. The van der Waals surface area contributed by atoms with E-state index >= 15 is 0 Å². The van der Waals surface area contributed by atoms with E-state index in [2.05, 4.69) is 5.32 Å². The van der Waals surface area contributed by atoms with Crippen molar-refractivity contribution in [1.29, 1.82) is 0 Å². The van der Waals surface area contributed by atoms with Gasteiger partial charge >= 0.3 is 5.97 Å². The topological polar surface area (TPSA) is 75.6 Å². The zero-order valence-electron chi connectivity index (χ0n) is 17.7. The molecule has 0 spiro atoms. The van der Waals surface area contributed by atoms with Crippen LogP contribution in [0.25, 0.3) is 0 Å². The highest BCUT2D eigenvalue weighted by Gasteiger charge is 2.45. The maximum atomic E-state index is 13.8. The number of aryl methyl sites for hydroxylation is 1. The average molecular weight is 433 g/mol. The molecule has 0 saturated heterocycles. The largest absolute Gasteiger partial charge is 0.493 e. The minimum atomic E-state index is -1.38. The molecule has 5 nitrogen and oxygen atoms in total. The Labute approximate surface area is 185 Å². The standard InChI is InChI=1S/C26H24FNO4/c1-17-10-11-19(14-23(17)32-13-12-18-6-4-5-9-22(18)27)24(29)28-26(25(30)31)15-20-7-2-3-8-21(20)16-26/h2-11,14H,12-13,15-16H2,1H3,(H,28,29)(H,30,31). The molecule has 0 unspecified atom stereocenters. The summed E-state index contributed by atoms with van der Waals surface area (Å²) in [6.07, 6.45) is 0.868. The van der Waals surface area contributed by atoms with E-state index < -0.39 is 17.4 Å². The number of benzene rings is 3. The summed E-state index contributed by atoms with van der Waals surface area (Å²) < 4.78 is 19.6. The van der Waals surface area contributed by atoms with Crippen LogP contribution in [0.15, 0.2) is 66.7 Å². The molecule has 2 N–H and O–H groups in total. The van der Waals surface area contributed by atoms with Gasteiger partial charge in [0.05, 0.1) is 6.61 Å². The predicted octanol–water partition coefficient (Wildman–Crippen LogP) is 4.11. The Kier molecular flexibility index (Phi) is 5.95. The minimum absolute atomic E-state index is 0.238. The molecule has 164 valence electrons. The van der Waals surface area contributed by atoms with Crippen LogP contribution in [-0.4, -0.2) is 29.1 Å². The van der Waals surface area contributed by atoms with E-state index in [4.69, 9.17) is 4.74 Å². The molecule has 0 fully saturated rings. The molecule has 4 rings (SSSR count). The number of hydrogen-bond donors (Lipinski definition) is 2. The third-order valence-electron chi connectivity index (χ3n) is 5.90. The number of rotatable bonds is 7. The van der Waals surface area contributed by atoms with Gasteiger partial charge in [0.25, 0.3) is 5.91 Å². The van der Waals surface area contributed by atoms with E-state index in [9.17, 15) is 19.1 Å². The first-order valence-corrected chi connectivity index (χ1v) is 10.5. The SMILES string of the molecule is Cc1ccc(C(=O)NC2(C(=O)O)Cc3ccccc3C2)cc1OCCc1ccccc1F. The molecule has 1 aliphatic rings. The van der Waals surface area contributed by atoms with Crippen molar-refractivity contribution in [3.8, 4) is 5.75 Å². The average Bonchev–Trinajstić information content (AvgIpc) is 3.16. The quantitative estimate of drug-likeness (QED) is 0.588. The van der Waals surface area contributed by atoms with E-state index in [0.29, 0.717) is 23.3 Å². The van der Waals surface area contributed by atoms with Crippen molar-refractivity contribution >= 4 is 11.9 Å². The number of carbonyl (C=O) groups is 2. The molecule has 0 aromatic heterocycles. The van der Waals surface area contributed by atoms with Crippen molar-refractivity contribution in [1.82, 2.24) is 5.32 Å². The Balaban J connectivity index is 1.47. The summed E-state index contributed by atoms with van der Waals surface area (Å²) in [4.78, 5) is 25.1. The highest BCUT2D eigenvalue weighted by molar-refractivity contribution is 5.98. The van der Waals surface area contributed by atoms with Gasteiger partial charge in [-0.2, -0.15) is 0 Å². The van der Waals surface area contributed by atoms with Crippen LogP contribution in [0.3, 0.4) is 0 Å². The Hall–Kier alpha value is -3.67. The van der Waals surface area contributed by atoms with Crippen molar-refractivity contribution in [3.05, 3.63) is 100 Å². The summed E-state index contributed by atoms with van der Waals surface area (Å²) in [6.45, 7) is 2.10. The van der Waals surface area contributed by atoms with Gasteiger partial charge in [-0.3, -0.25) is 4.79 Å². The summed E-state index contributed by atoms with van der Waals surface area (Å²) in [5.41, 5.74) is 2.18. The van der Waals surface area contributed by atoms with Gasteiger partial charge < -0.3 is 15.2 Å². The van der Waals surface area contributed by atoms with Crippen LogP contribution in [-0.2, 0) is 24.1 Å². The van der Waals surface area contributed by atoms with Crippen molar-refractivity contribution in [2.24, 2.45) is 0 Å². The van der Waals surface area contributed by atoms with Crippen molar-refractivity contribution in [3.63, 3.8) is 0 Å². The fourth-order valence-corrected chi connectivity index (χ4v) is 4.07. The molecule has 3 aromatic carbocycles. The first kappa shape index (κ1) is 21.6. The summed E-state index contributed by atoms with van der Waals surface area (Å²) in [6, 6.07) is 19.0. The monoisotopic (exact) mass is 433 g/mol. The second-order valence-electron chi connectivity index (χ2n) is 8.13. The van der Waals surface area contributed by atoms with Crippen LogP contribution in [0.5, 0.6) is 5.75 Å². The van der Waals surface area contributed by atoms with Gasteiger partial charge in [0.1, 0.15) is 17.1 Å². The summed E-state index contributed by atoms with van der Waals surface area (Å²) >= 11 is 0.